The second-order valence-electron chi connectivity index (χ2n) is 15.6. The van der Waals surface area contributed by atoms with Crippen molar-refractivity contribution in [3.8, 4) is 27.9 Å². The Labute approximate surface area is 308 Å². The first-order chi connectivity index (χ1) is 26.1. The van der Waals surface area contributed by atoms with Gasteiger partial charge in [-0.3, -0.25) is 0 Å². The molecule has 12 rings (SSSR count). The van der Waals surface area contributed by atoms with Gasteiger partial charge in [-0.25, -0.2) is 0 Å². The predicted molar refractivity (Wildman–Crippen MR) is 224 cm³/mol. The van der Waals surface area contributed by atoms with Crippen LogP contribution in [0.1, 0.15) is 47.6 Å². The maximum Gasteiger partial charge on any atom is 0.0547 e. The number of benzene rings is 9. The fourth-order valence-corrected chi connectivity index (χ4v) is 10.4. The van der Waals surface area contributed by atoms with Crippen molar-refractivity contribution in [3.05, 3.63) is 198 Å². The van der Waals surface area contributed by atoms with Crippen LogP contribution in [0.2, 0.25) is 0 Å². The van der Waals surface area contributed by atoms with E-state index < -0.39 is 0 Å². The van der Waals surface area contributed by atoms with Crippen molar-refractivity contribution < 1.29 is 0 Å². The van der Waals surface area contributed by atoms with Crippen molar-refractivity contribution >= 4 is 54.1 Å². The lowest BCUT2D eigenvalue weighted by atomic mass is 9.82. The van der Waals surface area contributed by atoms with Gasteiger partial charge in [0.1, 0.15) is 0 Å². The largest absolute Gasteiger partial charge is 0.309 e. The molecule has 0 saturated heterocycles. The number of para-hydroxylation sites is 1. The average Bonchev–Trinajstić information content (AvgIpc) is 3.81. The van der Waals surface area contributed by atoms with Gasteiger partial charge in [0, 0.05) is 27.8 Å². The Morgan fingerprint density at radius 1 is 0.396 bits per heavy atom. The highest BCUT2D eigenvalue weighted by Gasteiger charge is 2.37. The molecule has 0 N–H and O–H groups in total. The normalized spacial score (nSPS) is 15.3. The van der Waals surface area contributed by atoms with Crippen molar-refractivity contribution in [3.63, 3.8) is 0 Å². The average molecular weight is 674 g/mol. The summed E-state index contributed by atoms with van der Waals surface area (Å²) in [7, 11) is 0. The molecule has 0 amide bonds. The number of rotatable bonds is 2. The summed E-state index contributed by atoms with van der Waals surface area (Å²) in [6.07, 6.45) is 0. The van der Waals surface area contributed by atoms with Crippen LogP contribution < -0.4 is 0 Å². The van der Waals surface area contributed by atoms with Crippen molar-refractivity contribution in [2.75, 3.05) is 0 Å². The first kappa shape index (κ1) is 29.2. The highest BCUT2D eigenvalue weighted by atomic mass is 15.0. The summed E-state index contributed by atoms with van der Waals surface area (Å²) in [5, 5.41) is 10.6. The molecule has 1 aromatic heterocycles. The third kappa shape index (κ3) is 3.71. The molecule has 2 aliphatic carbocycles. The molecule has 0 spiro atoms. The van der Waals surface area contributed by atoms with E-state index in [4.69, 9.17) is 0 Å². The molecular formula is C52H35N. The zero-order valence-corrected chi connectivity index (χ0v) is 29.7. The Kier molecular flexibility index (Phi) is 5.69. The van der Waals surface area contributed by atoms with Crippen LogP contribution in [-0.4, -0.2) is 4.57 Å². The smallest absolute Gasteiger partial charge is 0.0547 e. The summed E-state index contributed by atoms with van der Waals surface area (Å²) >= 11 is 0. The Morgan fingerprint density at radius 2 is 0.981 bits per heavy atom. The highest BCUT2D eigenvalue weighted by molar-refractivity contribution is 6.26. The standard InChI is InChI=1S/C52H35N/c1-52(2)44-24-11-9-17-35(44)36-27-26-31(30-45(36)52)53-46-25-12-10-21-41(46)51-47(53)29-28-43-49(39-19-7-8-20-40(39)50(43)51)42-23-13-22-38-34-15-4-3-14-32(34)33-16-5-6-18-37(33)48(38)42/h3-30,49H,1-2H3. The molecule has 0 radical (unpaired) electrons. The maximum atomic E-state index is 2.51. The summed E-state index contributed by atoms with van der Waals surface area (Å²) in [5.41, 5.74) is 16.0. The molecule has 1 heteroatoms. The highest BCUT2D eigenvalue weighted by Crippen LogP contribution is 2.55. The van der Waals surface area contributed by atoms with Crippen molar-refractivity contribution in [1.29, 1.82) is 0 Å². The summed E-state index contributed by atoms with van der Waals surface area (Å²) < 4.78 is 2.51. The summed E-state index contributed by atoms with van der Waals surface area (Å²) in [6, 6.07) is 64.0. The van der Waals surface area contributed by atoms with Gasteiger partial charge in [0.15, 0.2) is 0 Å². The number of hydrogen-bond donors (Lipinski definition) is 0. The van der Waals surface area contributed by atoms with Gasteiger partial charge in [-0.05, 0) is 107 Å². The second-order valence-corrected chi connectivity index (χ2v) is 15.6. The minimum absolute atomic E-state index is 0.0674. The molecule has 248 valence electrons. The van der Waals surface area contributed by atoms with E-state index >= 15 is 0 Å². The second kappa shape index (κ2) is 10.3. The van der Waals surface area contributed by atoms with E-state index in [9.17, 15) is 0 Å². The van der Waals surface area contributed by atoms with Gasteiger partial charge < -0.3 is 4.57 Å². The summed E-state index contributed by atoms with van der Waals surface area (Å²) in [4.78, 5) is 0. The lowest BCUT2D eigenvalue weighted by molar-refractivity contribution is 0.660. The number of fused-ring (bicyclic) bond motifs is 16. The minimum Gasteiger partial charge on any atom is -0.309 e. The number of hydrogen-bond acceptors (Lipinski definition) is 0. The topological polar surface area (TPSA) is 4.93 Å². The van der Waals surface area contributed by atoms with Crippen LogP contribution in [0, 0.1) is 0 Å². The summed E-state index contributed by atoms with van der Waals surface area (Å²) in [6.45, 7) is 4.74. The number of aromatic nitrogens is 1. The zero-order chi connectivity index (χ0) is 35.0. The van der Waals surface area contributed by atoms with Crippen LogP contribution in [0.15, 0.2) is 170 Å². The van der Waals surface area contributed by atoms with E-state index in [1.165, 1.54) is 110 Å². The Morgan fingerprint density at radius 3 is 1.77 bits per heavy atom. The fourth-order valence-electron chi connectivity index (χ4n) is 10.4. The molecule has 0 bridgehead atoms. The van der Waals surface area contributed by atoms with E-state index in [2.05, 4.69) is 188 Å². The fraction of sp³-hybridized carbons (Fsp3) is 0.0769. The van der Waals surface area contributed by atoms with E-state index in [0.717, 1.165) is 0 Å². The molecule has 10 aromatic rings. The van der Waals surface area contributed by atoms with Crippen LogP contribution >= 0.6 is 0 Å². The van der Waals surface area contributed by atoms with E-state index in [1.807, 2.05) is 0 Å². The van der Waals surface area contributed by atoms with Crippen LogP contribution in [0.3, 0.4) is 0 Å². The molecule has 9 aromatic carbocycles. The van der Waals surface area contributed by atoms with Crippen LogP contribution in [0.4, 0.5) is 0 Å². The minimum atomic E-state index is -0.0674. The quantitative estimate of drug-likeness (QED) is 0.161. The van der Waals surface area contributed by atoms with Gasteiger partial charge in [0.05, 0.1) is 11.0 Å². The van der Waals surface area contributed by atoms with Crippen LogP contribution in [0.25, 0.3) is 82.1 Å². The molecule has 0 fully saturated rings. The van der Waals surface area contributed by atoms with Gasteiger partial charge >= 0.3 is 0 Å². The Hall–Kier alpha value is -6.44. The monoisotopic (exact) mass is 673 g/mol. The third-order valence-corrected chi connectivity index (χ3v) is 12.7. The molecular weight excluding hydrogens is 639 g/mol. The van der Waals surface area contributed by atoms with Gasteiger partial charge in [-0.15, -0.1) is 0 Å². The molecule has 1 unspecified atom stereocenters. The molecule has 1 heterocycles. The maximum absolute atomic E-state index is 2.51. The van der Waals surface area contributed by atoms with Gasteiger partial charge in [-0.1, -0.05) is 159 Å². The van der Waals surface area contributed by atoms with E-state index in [-0.39, 0.29) is 11.3 Å². The summed E-state index contributed by atoms with van der Waals surface area (Å²) in [5.74, 6) is 0.111. The van der Waals surface area contributed by atoms with Gasteiger partial charge in [0.25, 0.3) is 0 Å². The molecule has 2 aliphatic rings. The van der Waals surface area contributed by atoms with Gasteiger partial charge in [0.2, 0.25) is 0 Å². The van der Waals surface area contributed by atoms with Crippen molar-refractivity contribution in [2.24, 2.45) is 0 Å². The van der Waals surface area contributed by atoms with Crippen molar-refractivity contribution in [1.82, 2.24) is 4.57 Å². The van der Waals surface area contributed by atoms with E-state index in [1.54, 1.807) is 0 Å². The number of nitrogens with zero attached hydrogens (tertiary/aromatic N) is 1. The molecule has 1 nitrogen and oxygen atoms in total. The third-order valence-electron chi connectivity index (χ3n) is 12.7. The van der Waals surface area contributed by atoms with E-state index in [0.29, 0.717) is 0 Å². The molecule has 1 atom stereocenters. The molecule has 0 saturated carbocycles. The van der Waals surface area contributed by atoms with Crippen molar-refractivity contribution in [2.45, 2.75) is 25.2 Å². The first-order valence-electron chi connectivity index (χ1n) is 18.8. The predicted octanol–water partition coefficient (Wildman–Crippen LogP) is 13.7. The van der Waals surface area contributed by atoms with Crippen LogP contribution in [-0.2, 0) is 5.41 Å². The lowest BCUT2D eigenvalue weighted by Gasteiger charge is -2.22. The first-order valence-corrected chi connectivity index (χ1v) is 18.8. The lowest BCUT2D eigenvalue weighted by Crippen LogP contribution is -2.15. The van der Waals surface area contributed by atoms with Crippen LogP contribution in [0.5, 0.6) is 0 Å². The molecule has 53 heavy (non-hydrogen) atoms. The van der Waals surface area contributed by atoms with Gasteiger partial charge in [-0.2, -0.15) is 0 Å². The zero-order valence-electron chi connectivity index (χ0n) is 29.7. The molecule has 0 aliphatic heterocycles. The Bertz CT molecular complexity index is 3160. The SMILES string of the molecule is CC1(C)c2ccccc2-c2ccc(-n3c4ccccc4c4c5c(ccc43)C(c3cccc4c6ccccc6c6ccccc6c34)c3ccccc3-5)cc21. The Balaban J connectivity index is 1.15.